The van der Waals surface area contributed by atoms with Crippen molar-refractivity contribution in [2.45, 2.75) is 25.5 Å². The van der Waals surface area contributed by atoms with Crippen LogP contribution in [0.2, 0.25) is 0 Å². The SMILES string of the molecule is CC(C)(C(O)c1c[n+]([O-])c2ccccc2[n+]1[O-])[N+](=O)[O-]. The smallest absolute Gasteiger partial charge is 0.294 e. The summed E-state index contributed by atoms with van der Waals surface area (Å²) in [5.41, 5.74) is -1.99. The predicted molar refractivity (Wildman–Crippen MR) is 67.9 cm³/mol. The Balaban J connectivity index is 2.67. The molecule has 1 heterocycles. The van der Waals surface area contributed by atoms with Crippen LogP contribution in [0.25, 0.3) is 11.0 Å². The van der Waals surface area contributed by atoms with Crippen molar-refractivity contribution in [2.75, 3.05) is 0 Å². The van der Waals surface area contributed by atoms with Crippen molar-refractivity contribution in [3.63, 3.8) is 0 Å². The zero-order chi connectivity index (χ0) is 15.1. The van der Waals surface area contributed by atoms with Gasteiger partial charge in [-0.2, -0.15) is 9.46 Å². The number of fused-ring (bicyclic) bond motifs is 1. The van der Waals surface area contributed by atoms with Gasteiger partial charge in [-0.1, -0.05) is 12.1 Å². The Hall–Kier alpha value is -2.48. The van der Waals surface area contributed by atoms with Crippen LogP contribution >= 0.6 is 0 Å². The summed E-state index contributed by atoms with van der Waals surface area (Å²) in [6.07, 6.45) is -0.842. The largest absolute Gasteiger partial charge is 0.618 e. The van der Waals surface area contributed by atoms with Gasteiger partial charge in [-0.05, 0) is 0 Å². The fraction of sp³-hybridized carbons (Fsp3) is 0.333. The van der Waals surface area contributed by atoms with Gasteiger partial charge in [-0.25, -0.2) is 0 Å². The highest BCUT2D eigenvalue weighted by molar-refractivity contribution is 5.67. The minimum absolute atomic E-state index is 0.0400. The van der Waals surface area contributed by atoms with Gasteiger partial charge in [0.2, 0.25) is 6.10 Å². The number of para-hydroxylation sites is 2. The highest BCUT2D eigenvalue weighted by Gasteiger charge is 2.46. The van der Waals surface area contributed by atoms with E-state index in [1.54, 1.807) is 12.1 Å². The maximum atomic E-state index is 12.2. The van der Waals surface area contributed by atoms with Gasteiger partial charge in [0.15, 0.2) is 0 Å². The molecule has 0 saturated heterocycles. The summed E-state index contributed by atoms with van der Waals surface area (Å²) in [6.45, 7) is 2.37. The monoisotopic (exact) mass is 279 g/mol. The number of aliphatic hydroxyl groups is 1. The summed E-state index contributed by atoms with van der Waals surface area (Å²) in [4.78, 5) is 10.3. The fourth-order valence-electron chi connectivity index (χ4n) is 1.85. The zero-order valence-electron chi connectivity index (χ0n) is 10.9. The first kappa shape index (κ1) is 13.9. The average Bonchev–Trinajstić information content (AvgIpc) is 2.42. The topological polar surface area (TPSA) is 117 Å². The highest BCUT2D eigenvalue weighted by Crippen LogP contribution is 2.26. The minimum Gasteiger partial charge on any atom is -0.618 e. The number of aromatic nitrogens is 2. The van der Waals surface area contributed by atoms with Crippen LogP contribution in [0.1, 0.15) is 25.6 Å². The van der Waals surface area contributed by atoms with E-state index in [2.05, 4.69) is 0 Å². The highest BCUT2D eigenvalue weighted by atomic mass is 16.6. The Morgan fingerprint density at radius 3 is 2.35 bits per heavy atom. The molecule has 0 bridgehead atoms. The maximum absolute atomic E-state index is 12.2. The molecule has 2 aromatic rings. The van der Waals surface area contributed by atoms with Crippen molar-refractivity contribution < 1.29 is 19.5 Å². The van der Waals surface area contributed by atoms with Gasteiger partial charge in [-0.3, -0.25) is 10.1 Å². The van der Waals surface area contributed by atoms with Crippen molar-refractivity contribution in [1.82, 2.24) is 0 Å². The first-order valence-corrected chi connectivity index (χ1v) is 5.83. The number of benzene rings is 1. The minimum atomic E-state index is -1.79. The normalized spacial score (nSPS) is 13.3. The summed E-state index contributed by atoms with van der Waals surface area (Å²) in [5, 5.41) is 45.0. The molecule has 8 nitrogen and oxygen atoms in total. The van der Waals surface area contributed by atoms with Crippen LogP contribution in [-0.2, 0) is 0 Å². The predicted octanol–water partition coefficient (Wildman–Crippen LogP) is 0.195. The number of rotatable bonds is 3. The van der Waals surface area contributed by atoms with Crippen molar-refractivity contribution in [2.24, 2.45) is 0 Å². The molecular formula is C12H13N3O5. The van der Waals surface area contributed by atoms with Crippen LogP contribution in [-0.4, -0.2) is 15.6 Å². The molecule has 1 unspecified atom stereocenters. The van der Waals surface area contributed by atoms with E-state index in [1.165, 1.54) is 26.0 Å². The van der Waals surface area contributed by atoms with E-state index >= 15 is 0 Å². The maximum Gasteiger partial charge on any atom is 0.294 e. The van der Waals surface area contributed by atoms with Gasteiger partial charge < -0.3 is 15.5 Å². The lowest BCUT2D eigenvalue weighted by Gasteiger charge is -2.20. The van der Waals surface area contributed by atoms with Crippen LogP contribution in [0.4, 0.5) is 0 Å². The Kier molecular flexibility index (Phi) is 3.18. The molecular weight excluding hydrogens is 266 g/mol. The summed E-state index contributed by atoms with van der Waals surface area (Å²) in [5.74, 6) is 0. The van der Waals surface area contributed by atoms with Crippen LogP contribution < -0.4 is 9.46 Å². The summed E-state index contributed by atoms with van der Waals surface area (Å²) in [6, 6.07) is 6.01. The molecule has 0 aliphatic carbocycles. The molecule has 0 spiro atoms. The number of hydrogen-bond donors (Lipinski definition) is 1. The summed E-state index contributed by atoms with van der Waals surface area (Å²) < 4.78 is 0.762. The van der Waals surface area contributed by atoms with E-state index in [0.29, 0.717) is 9.46 Å². The van der Waals surface area contributed by atoms with E-state index in [4.69, 9.17) is 0 Å². The molecule has 1 aromatic heterocycles. The van der Waals surface area contributed by atoms with Crippen molar-refractivity contribution in [3.8, 4) is 0 Å². The fourth-order valence-corrected chi connectivity index (χ4v) is 1.85. The van der Waals surface area contributed by atoms with Gasteiger partial charge in [0.05, 0.1) is 0 Å². The molecule has 2 rings (SSSR count). The summed E-state index contributed by atoms with van der Waals surface area (Å²) in [7, 11) is 0. The lowest BCUT2D eigenvalue weighted by atomic mass is 9.96. The summed E-state index contributed by atoms with van der Waals surface area (Å²) >= 11 is 0. The lowest BCUT2D eigenvalue weighted by Crippen LogP contribution is -2.48. The number of hydrogen-bond acceptors (Lipinski definition) is 5. The van der Waals surface area contributed by atoms with Gasteiger partial charge in [0.25, 0.3) is 28.5 Å². The molecule has 0 radical (unpaired) electrons. The Morgan fingerprint density at radius 1 is 1.25 bits per heavy atom. The van der Waals surface area contributed by atoms with Crippen LogP contribution in [0, 0.1) is 20.5 Å². The molecule has 0 amide bonds. The van der Waals surface area contributed by atoms with E-state index in [1.807, 2.05) is 0 Å². The molecule has 0 fully saturated rings. The number of nitrogens with zero attached hydrogens (tertiary/aromatic N) is 3. The molecule has 8 heteroatoms. The average molecular weight is 279 g/mol. The van der Waals surface area contributed by atoms with Gasteiger partial charge in [0, 0.05) is 30.9 Å². The second kappa shape index (κ2) is 4.57. The standard InChI is InChI=1S/C12H13N3O5/c1-12(2,15(19)20)11(16)10-7-13(17)8-5-3-4-6-9(8)14(10)18/h3-7,11,16H,1-2H3. The van der Waals surface area contributed by atoms with E-state index in [0.717, 1.165) is 6.20 Å². The van der Waals surface area contributed by atoms with Crippen molar-refractivity contribution in [3.05, 3.63) is 56.7 Å². The second-order valence-corrected chi connectivity index (χ2v) is 4.98. The molecule has 1 N–H and O–H groups in total. The number of nitro groups is 1. The molecule has 0 saturated carbocycles. The molecule has 20 heavy (non-hydrogen) atoms. The molecule has 1 atom stereocenters. The third kappa shape index (κ3) is 1.99. The number of aliphatic hydroxyl groups excluding tert-OH is 1. The van der Waals surface area contributed by atoms with E-state index < -0.39 is 16.6 Å². The van der Waals surface area contributed by atoms with Crippen LogP contribution in [0.15, 0.2) is 30.5 Å². The van der Waals surface area contributed by atoms with Gasteiger partial charge in [0.1, 0.15) is 0 Å². The second-order valence-electron chi connectivity index (χ2n) is 4.98. The molecule has 0 aliphatic heterocycles. The Bertz CT molecular complexity index is 686. The first-order valence-electron chi connectivity index (χ1n) is 5.83. The molecule has 0 aliphatic rings. The third-order valence-corrected chi connectivity index (χ3v) is 3.24. The molecule has 106 valence electrons. The zero-order valence-corrected chi connectivity index (χ0v) is 10.9. The van der Waals surface area contributed by atoms with Crippen LogP contribution in [0.3, 0.4) is 0 Å². The Morgan fingerprint density at radius 2 is 1.80 bits per heavy atom. The van der Waals surface area contributed by atoms with E-state index in [-0.39, 0.29) is 16.7 Å². The Labute approximate surface area is 113 Å². The lowest BCUT2D eigenvalue weighted by molar-refractivity contribution is -0.647. The quantitative estimate of drug-likeness (QED) is 0.372. The first-order chi connectivity index (χ1) is 9.26. The van der Waals surface area contributed by atoms with E-state index in [9.17, 15) is 25.6 Å². The van der Waals surface area contributed by atoms with Gasteiger partial charge in [-0.15, -0.1) is 0 Å². The third-order valence-electron chi connectivity index (χ3n) is 3.24. The van der Waals surface area contributed by atoms with Crippen molar-refractivity contribution in [1.29, 1.82) is 0 Å². The van der Waals surface area contributed by atoms with Gasteiger partial charge >= 0.3 is 0 Å². The van der Waals surface area contributed by atoms with Crippen LogP contribution in [0.5, 0.6) is 0 Å². The molecule has 1 aromatic carbocycles. The van der Waals surface area contributed by atoms with Crippen molar-refractivity contribution >= 4 is 11.0 Å².